The Labute approximate surface area is 231 Å². The smallest absolute Gasteiger partial charge is 0.274 e. The van der Waals surface area contributed by atoms with Crippen LogP contribution in [0, 0.1) is 0 Å². The van der Waals surface area contributed by atoms with Crippen molar-refractivity contribution in [2.24, 2.45) is 0 Å². The number of carbonyl (C=O) groups excluding carboxylic acids is 1. The third-order valence-electron chi connectivity index (χ3n) is 6.70. The van der Waals surface area contributed by atoms with Crippen molar-refractivity contribution in [3.8, 4) is 0 Å². The van der Waals surface area contributed by atoms with E-state index in [1.165, 1.54) is 0 Å². The molecule has 0 radical (unpaired) electrons. The van der Waals surface area contributed by atoms with Crippen molar-refractivity contribution in [2.75, 3.05) is 74.8 Å². The van der Waals surface area contributed by atoms with Gasteiger partial charge in [0.15, 0.2) is 0 Å². The molecule has 1 aliphatic rings. The van der Waals surface area contributed by atoms with Crippen LogP contribution in [0.2, 0.25) is 0 Å². The fourth-order valence-corrected chi connectivity index (χ4v) is 4.38. The summed E-state index contributed by atoms with van der Waals surface area (Å²) in [6.45, 7) is 10.3. The van der Waals surface area contributed by atoms with Crippen LogP contribution in [0.3, 0.4) is 0 Å². The maximum atomic E-state index is 12.7. The topological polar surface area (TPSA) is 99.0 Å². The summed E-state index contributed by atoms with van der Waals surface area (Å²) in [5, 5.41) is 6.29. The lowest BCUT2D eigenvalue weighted by atomic mass is 10.2. The lowest BCUT2D eigenvalue weighted by Crippen LogP contribution is -2.38. The Kier molecular flexibility index (Phi) is 9.77. The third-order valence-corrected chi connectivity index (χ3v) is 6.70. The van der Waals surface area contributed by atoms with Crippen molar-refractivity contribution >= 4 is 28.7 Å². The van der Waals surface area contributed by atoms with Crippen LogP contribution in [0.4, 0.5) is 22.7 Å². The summed E-state index contributed by atoms with van der Waals surface area (Å²) < 4.78 is 5.48. The number of hydrogen-bond acceptors (Lipinski definition) is 8. The van der Waals surface area contributed by atoms with Crippen molar-refractivity contribution in [3.63, 3.8) is 0 Å². The van der Waals surface area contributed by atoms with E-state index in [0.29, 0.717) is 23.6 Å². The molecule has 0 spiro atoms. The first-order chi connectivity index (χ1) is 18.9. The highest BCUT2D eigenvalue weighted by atomic mass is 16.5. The SMILES string of the molecule is C=C(Nc1ccc(N(C)C)cc1)N(CCCN1CCOCC1)Cc1ccc(C(=O)Nc2ccccc2N)nc1. The lowest BCUT2D eigenvalue weighted by Gasteiger charge is -2.30. The molecular weight excluding hydrogens is 490 g/mol. The number of nitrogen functional groups attached to an aromatic ring is 1. The quantitative estimate of drug-likeness (QED) is 0.302. The van der Waals surface area contributed by atoms with Crippen LogP contribution in [0.5, 0.6) is 0 Å². The first-order valence-corrected chi connectivity index (χ1v) is 13.3. The first-order valence-electron chi connectivity index (χ1n) is 13.3. The molecular formula is C30H39N7O2. The zero-order valence-electron chi connectivity index (χ0n) is 22.9. The molecule has 3 aromatic rings. The number of hydrogen-bond donors (Lipinski definition) is 3. The minimum absolute atomic E-state index is 0.297. The highest BCUT2D eigenvalue weighted by Crippen LogP contribution is 2.20. The summed E-state index contributed by atoms with van der Waals surface area (Å²) in [7, 11) is 4.05. The Morgan fingerprint density at radius 3 is 2.46 bits per heavy atom. The Morgan fingerprint density at radius 2 is 1.79 bits per heavy atom. The van der Waals surface area contributed by atoms with E-state index in [9.17, 15) is 4.79 Å². The predicted octanol–water partition coefficient (Wildman–Crippen LogP) is 4.09. The molecule has 0 unspecified atom stereocenters. The molecule has 0 bridgehead atoms. The van der Waals surface area contributed by atoms with Gasteiger partial charge < -0.3 is 30.9 Å². The van der Waals surface area contributed by atoms with Gasteiger partial charge in [0.2, 0.25) is 0 Å². The highest BCUT2D eigenvalue weighted by molar-refractivity contribution is 6.04. The van der Waals surface area contributed by atoms with E-state index in [1.807, 2.05) is 32.3 Å². The number of nitrogens with one attached hydrogen (secondary N) is 2. The van der Waals surface area contributed by atoms with E-state index in [1.54, 1.807) is 24.4 Å². The number of benzene rings is 2. The van der Waals surface area contributed by atoms with Crippen molar-refractivity contribution in [2.45, 2.75) is 13.0 Å². The number of morpholine rings is 1. The summed E-state index contributed by atoms with van der Waals surface area (Å²) in [5.41, 5.74) is 10.5. The van der Waals surface area contributed by atoms with Crippen molar-refractivity contribution in [3.05, 3.63) is 90.5 Å². The molecule has 4 rings (SSSR count). The van der Waals surface area contributed by atoms with Gasteiger partial charge in [-0.2, -0.15) is 0 Å². The average Bonchev–Trinajstić information content (AvgIpc) is 2.95. The molecule has 4 N–H and O–H groups in total. The van der Waals surface area contributed by atoms with Gasteiger partial charge in [-0.05, 0) is 54.4 Å². The number of amides is 1. The van der Waals surface area contributed by atoms with Crippen LogP contribution < -0.4 is 21.3 Å². The molecule has 206 valence electrons. The van der Waals surface area contributed by atoms with Crippen LogP contribution in [-0.2, 0) is 11.3 Å². The second kappa shape index (κ2) is 13.6. The van der Waals surface area contributed by atoms with E-state index < -0.39 is 0 Å². The van der Waals surface area contributed by atoms with E-state index in [4.69, 9.17) is 10.5 Å². The minimum atomic E-state index is -0.297. The van der Waals surface area contributed by atoms with Crippen molar-refractivity contribution in [1.29, 1.82) is 0 Å². The molecule has 0 aliphatic carbocycles. The van der Waals surface area contributed by atoms with Gasteiger partial charge in [0.1, 0.15) is 5.69 Å². The molecule has 1 aliphatic heterocycles. The van der Waals surface area contributed by atoms with Gasteiger partial charge in [0.25, 0.3) is 5.91 Å². The highest BCUT2D eigenvalue weighted by Gasteiger charge is 2.15. The molecule has 1 fully saturated rings. The normalized spacial score (nSPS) is 13.5. The molecule has 2 aromatic carbocycles. The van der Waals surface area contributed by atoms with Gasteiger partial charge in [-0.25, -0.2) is 0 Å². The average molecular weight is 530 g/mol. The second-order valence-electron chi connectivity index (χ2n) is 9.84. The van der Waals surface area contributed by atoms with Crippen molar-refractivity contribution < 1.29 is 9.53 Å². The van der Waals surface area contributed by atoms with E-state index in [2.05, 4.69) is 61.2 Å². The summed E-state index contributed by atoms with van der Waals surface area (Å²) in [6.07, 6.45) is 2.74. The summed E-state index contributed by atoms with van der Waals surface area (Å²) >= 11 is 0. The fourth-order valence-electron chi connectivity index (χ4n) is 4.38. The summed E-state index contributed by atoms with van der Waals surface area (Å²) in [4.78, 5) is 23.8. The molecule has 0 atom stereocenters. The number of anilines is 4. The maximum absolute atomic E-state index is 12.7. The number of carbonyl (C=O) groups is 1. The van der Waals surface area contributed by atoms with Gasteiger partial charge in [-0.3, -0.25) is 14.7 Å². The van der Waals surface area contributed by atoms with Gasteiger partial charge in [0, 0.05) is 64.4 Å². The molecule has 2 heterocycles. The third kappa shape index (κ3) is 8.20. The number of para-hydroxylation sites is 2. The Hall–Kier alpha value is -4.08. The number of pyridine rings is 1. The standard InChI is InChI=1S/C30H39N7O2/c1-23(33-25-10-12-26(13-11-25)35(2)3)37(16-6-15-36-17-19-39-20-18-36)22-24-9-14-29(32-21-24)30(38)34-28-8-5-4-7-27(28)31/h4-5,7-14,21,33H,1,6,15-20,22,31H2,2-3H3,(H,34,38). The van der Waals surface area contributed by atoms with Gasteiger partial charge in [-0.15, -0.1) is 0 Å². The minimum Gasteiger partial charge on any atom is -0.397 e. The molecule has 9 nitrogen and oxygen atoms in total. The Bertz CT molecular complexity index is 1220. The predicted molar refractivity (Wildman–Crippen MR) is 159 cm³/mol. The van der Waals surface area contributed by atoms with Crippen molar-refractivity contribution in [1.82, 2.24) is 14.8 Å². The molecule has 1 aromatic heterocycles. The Morgan fingerprint density at radius 1 is 1.05 bits per heavy atom. The van der Waals surface area contributed by atoms with Crippen LogP contribution in [0.25, 0.3) is 0 Å². The van der Waals surface area contributed by atoms with Crippen LogP contribution in [0.1, 0.15) is 22.5 Å². The first kappa shape index (κ1) is 27.9. The Balaban J connectivity index is 1.40. The summed E-state index contributed by atoms with van der Waals surface area (Å²) in [6, 6.07) is 19.1. The van der Waals surface area contributed by atoms with Gasteiger partial charge in [0.05, 0.1) is 30.4 Å². The lowest BCUT2D eigenvalue weighted by molar-refractivity contribution is 0.0364. The maximum Gasteiger partial charge on any atom is 0.274 e. The largest absolute Gasteiger partial charge is 0.397 e. The number of rotatable bonds is 12. The second-order valence-corrected chi connectivity index (χ2v) is 9.84. The van der Waals surface area contributed by atoms with E-state index >= 15 is 0 Å². The molecule has 1 saturated heterocycles. The van der Waals surface area contributed by atoms with Gasteiger partial charge >= 0.3 is 0 Å². The van der Waals surface area contributed by atoms with Gasteiger partial charge in [-0.1, -0.05) is 24.8 Å². The molecule has 0 saturated carbocycles. The molecule has 9 heteroatoms. The monoisotopic (exact) mass is 529 g/mol. The number of ether oxygens (including phenoxy) is 1. The zero-order chi connectivity index (χ0) is 27.6. The van der Waals surface area contributed by atoms with Crippen LogP contribution in [0.15, 0.2) is 79.3 Å². The summed E-state index contributed by atoms with van der Waals surface area (Å²) in [5.74, 6) is 0.519. The van der Waals surface area contributed by atoms with Crippen LogP contribution in [-0.4, -0.2) is 74.2 Å². The van der Waals surface area contributed by atoms with Crippen LogP contribution >= 0.6 is 0 Å². The number of nitrogens with two attached hydrogens (primary N) is 1. The fraction of sp³-hybridized carbons (Fsp3) is 0.333. The van der Waals surface area contributed by atoms with E-state index in [-0.39, 0.29) is 5.91 Å². The number of nitrogens with zero attached hydrogens (tertiary/aromatic N) is 4. The van der Waals surface area contributed by atoms with E-state index in [0.717, 1.165) is 68.6 Å². The molecule has 39 heavy (non-hydrogen) atoms. The molecule has 1 amide bonds. The zero-order valence-corrected chi connectivity index (χ0v) is 22.9. The number of aromatic nitrogens is 1.